The highest BCUT2D eigenvalue weighted by Crippen LogP contribution is 2.30. The van der Waals surface area contributed by atoms with E-state index in [-0.39, 0.29) is 0 Å². The molecule has 84 valence electrons. The van der Waals surface area contributed by atoms with E-state index in [1.54, 1.807) is 18.9 Å². The molecule has 0 radical (unpaired) electrons. The zero-order chi connectivity index (χ0) is 11.4. The molecule has 6 heteroatoms. The Bertz CT molecular complexity index is 473. The summed E-state index contributed by atoms with van der Waals surface area (Å²) in [7, 11) is 1.67. The first-order chi connectivity index (χ1) is 7.79. The second-order valence-corrected chi connectivity index (χ2v) is 5.24. The highest BCUT2D eigenvalue weighted by molar-refractivity contribution is 8.00. The van der Waals surface area contributed by atoms with Crippen LogP contribution in [0.25, 0.3) is 0 Å². The molecule has 2 aromatic rings. The molecule has 1 aromatic heterocycles. The molecule has 1 aromatic carbocycles. The van der Waals surface area contributed by atoms with Crippen molar-refractivity contribution >= 4 is 28.2 Å². The van der Waals surface area contributed by atoms with Crippen LogP contribution in [0.15, 0.2) is 28.6 Å². The van der Waals surface area contributed by atoms with Crippen molar-refractivity contribution < 1.29 is 4.74 Å². The molecule has 0 aliphatic heterocycles. The van der Waals surface area contributed by atoms with Gasteiger partial charge in [0, 0.05) is 11.3 Å². The van der Waals surface area contributed by atoms with Crippen molar-refractivity contribution in [3.8, 4) is 5.75 Å². The molecule has 0 bridgehead atoms. The zero-order valence-corrected chi connectivity index (χ0v) is 10.3. The molecular formula is C10H11N3OS2. The summed E-state index contributed by atoms with van der Waals surface area (Å²) >= 11 is 3.01. The third-order valence-corrected chi connectivity index (χ3v) is 3.90. The van der Waals surface area contributed by atoms with E-state index < -0.39 is 0 Å². The summed E-state index contributed by atoms with van der Waals surface area (Å²) < 4.78 is 6.15. The zero-order valence-electron chi connectivity index (χ0n) is 8.71. The number of hydrogen-bond acceptors (Lipinski definition) is 6. The van der Waals surface area contributed by atoms with Crippen molar-refractivity contribution in [2.75, 3.05) is 12.8 Å². The molecule has 2 rings (SSSR count). The van der Waals surface area contributed by atoms with Crippen LogP contribution in [0.5, 0.6) is 5.75 Å². The van der Waals surface area contributed by atoms with E-state index in [1.165, 1.54) is 11.3 Å². The summed E-state index contributed by atoms with van der Waals surface area (Å²) in [6.45, 7) is 0. The number of hydrogen-bond donors (Lipinski definition) is 1. The van der Waals surface area contributed by atoms with E-state index in [0.717, 1.165) is 21.4 Å². The van der Waals surface area contributed by atoms with Crippen molar-refractivity contribution in [3.05, 3.63) is 29.8 Å². The molecule has 0 saturated carbocycles. The van der Waals surface area contributed by atoms with Gasteiger partial charge in [0.15, 0.2) is 4.34 Å². The highest BCUT2D eigenvalue weighted by Gasteiger charge is 2.05. The lowest BCUT2D eigenvalue weighted by atomic mass is 10.2. The maximum Gasteiger partial charge on any atom is 0.203 e. The average molecular weight is 253 g/mol. The molecule has 0 saturated heterocycles. The number of aromatic nitrogens is 2. The molecule has 2 N–H and O–H groups in total. The first-order valence-electron chi connectivity index (χ1n) is 4.63. The van der Waals surface area contributed by atoms with Gasteiger partial charge in [0.2, 0.25) is 5.13 Å². The summed E-state index contributed by atoms with van der Waals surface area (Å²) in [6.07, 6.45) is 0. The second kappa shape index (κ2) is 5.18. The largest absolute Gasteiger partial charge is 0.496 e. The Hall–Kier alpha value is -1.27. The fraction of sp³-hybridized carbons (Fsp3) is 0.200. The van der Waals surface area contributed by atoms with Crippen LogP contribution in [-0.2, 0) is 5.75 Å². The van der Waals surface area contributed by atoms with Crippen molar-refractivity contribution in [2.45, 2.75) is 10.1 Å². The molecule has 0 atom stereocenters. The van der Waals surface area contributed by atoms with Gasteiger partial charge >= 0.3 is 0 Å². The molecule has 0 unspecified atom stereocenters. The highest BCUT2D eigenvalue weighted by atomic mass is 32.2. The van der Waals surface area contributed by atoms with Crippen molar-refractivity contribution in [1.82, 2.24) is 10.2 Å². The molecule has 4 nitrogen and oxygen atoms in total. The molecule has 0 fully saturated rings. The van der Waals surface area contributed by atoms with Gasteiger partial charge in [-0.25, -0.2) is 0 Å². The number of nitrogens with zero attached hydrogens (tertiary/aromatic N) is 2. The van der Waals surface area contributed by atoms with Crippen LogP contribution in [0, 0.1) is 0 Å². The third-order valence-electron chi connectivity index (χ3n) is 1.97. The second-order valence-electron chi connectivity index (χ2n) is 3.01. The van der Waals surface area contributed by atoms with Gasteiger partial charge in [-0.15, -0.1) is 10.2 Å². The standard InChI is InChI=1S/C10H11N3OS2/c1-14-8-5-3-2-4-7(8)6-15-10-13-12-9(11)16-10/h2-5H,6H2,1H3,(H2,11,12). The number of benzene rings is 1. The van der Waals surface area contributed by atoms with Gasteiger partial charge in [-0.2, -0.15) is 0 Å². The Balaban J connectivity index is 2.04. The van der Waals surface area contributed by atoms with E-state index in [0.29, 0.717) is 5.13 Å². The van der Waals surface area contributed by atoms with Gasteiger partial charge in [0.05, 0.1) is 7.11 Å². The van der Waals surface area contributed by atoms with Crippen LogP contribution < -0.4 is 10.5 Å². The number of nitrogen functional groups attached to an aromatic ring is 1. The Morgan fingerprint density at radius 1 is 1.38 bits per heavy atom. The first-order valence-corrected chi connectivity index (χ1v) is 6.43. The maximum atomic E-state index is 5.51. The Labute approximate surface area is 102 Å². The van der Waals surface area contributed by atoms with E-state index in [2.05, 4.69) is 10.2 Å². The van der Waals surface area contributed by atoms with E-state index in [4.69, 9.17) is 10.5 Å². The van der Waals surface area contributed by atoms with Crippen LogP contribution in [-0.4, -0.2) is 17.3 Å². The van der Waals surface area contributed by atoms with E-state index in [1.807, 2.05) is 24.3 Å². The van der Waals surface area contributed by atoms with Gasteiger partial charge in [-0.3, -0.25) is 0 Å². The molecule has 0 aliphatic carbocycles. The van der Waals surface area contributed by atoms with Crippen LogP contribution in [0.2, 0.25) is 0 Å². The van der Waals surface area contributed by atoms with Crippen molar-refractivity contribution in [3.63, 3.8) is 0 Å². The van der Waals surface area contributed by atoms with Gasteiger partial charge < -0.3 is 10.5 Å². The van der Waals surface area contributed by atoms with Gasteiger partial charge in [0.1, 0.15) is 5.75 Å². The third kappa shape index (κ3) is 2.65. The summed E-state index contributed by atoms with van der Waals surface area (Å²) in [6, 6.07) is 7.93. The van der Waals surface area contributed by atoms with Gasteiger partial charge in [0.25, 0.3) is 0 Å². The molecular weight excluding hydrogens is 242 g/mol. The average Bonchev–Trinajstić information content (AvgIpc) is 2.73. The Morgan fingerprint density at radius 2 is 2.19 bits per heavy atom. The quantitative estimate of drug-likeness (QED) is 0.848. The van der Waals surface area contributed by atoms with Crippen molar-refractivity contribution in [2.24, 2.45) is 0 Å². The number of anilines is 1. The predicted molar refractivity (Wildman–Crippen MR) is 66.9 cm³/mol. The molecule has 0 aliphatic rings. The minimum atomic E-state index is 0.502. The van der Waals surface area contributed by atoms with Gasteiger partial charge in [-0.05, 0) is 6.07 Å². The number of methoxy groups -OCH3 is 1. The molecule has 16 heavy (non-hydrogen) atoms. The van der Waals surface area contributed by atoms with E-state index in [9.17, 15) is 0 Å². The minimum absolute atomic E-state index is 0.502. The maximum absolute atomic E-state index is 5.51. The fourth-order valence-electron chi connectivity index (χ4n) is 1.24. The van der Waals surface area contributed by atoms with Crippen LogP contribution in [0.3, 0.4) is 0 Å². The summed E-state index contributed by atoms with van der Waals surface area (Å²) in [5, 5.41) is 8.22. The monoisotopic (exact) mass is 253 g/mol. The summed E-state index contributed by atoms with van der Waals surface area (Å²) in [5.41, 5.74) is 6.65. The molecule has 0 amide bonds. The number of para-hydroxylation sites is 1. The number of nitrogens with two attached hydrogens (primary N) is 1. The fourth-order valence-corrected chi connectivity index (χ4v) is 2.87. The van der Waals surface area contributed by atoms with Crippen LogP contribution >= 0.6 is 23.1 Å². The number of thioether (sulfide) groups is 1. The molecule has 0 spiro atoms. The number of rotatable bonds is 4. The lowest BCUT2D eigenvalue weighted by molar-refractivity contribution is 0.411. The lowest BCUT2D eigenvalue weighted by Gasteiger charge is -2.05. The smallest absolute Gasteiger partial charge is 0.203 e. The molecule has 1 heterocycles. The predicted octanol–water partition coefficient (Wildman–Crippen LogP) is 2.42. The van der Waals surface area contributed by atoms with Crippen LogP contribution in [0.4, 0.5) is 5.13 Å². The summed E-state index contributed by atoms with van der Waals surface area (Å²) in [5.74, 6) is 1.70. The Morgan fingerprint density at radius 3 is 2.88 bits per heavy atom. The van der Waals surface area contributed by atoms with Crippen molar-refractivity contribution in [1.29, 1.82) is 0 Å². The van der Waals surface area contributed by atoms with Crippen LogP contribution in [0.1, 0.15) is 5.56 Å². The SMILES string of the molecule is COc1ccccc1CSc1nnc(N)s1. The normalized spacial score (nSPS) is 10.3. The Kier molecular flexibility index (Phi) is 3.63. The lowest BCUT2D eigenvalue weighted by Crippen LogP contribution is -1.89. The minimum Gasteiger partial charge on any atom is -0.496 e. The first kappa shape index (κ1) is 11.2. The van der Waals surface area contributed by atoms with E-state index >= 15 is 0 Å². The van der Waals surface area contributed by atoms with Gasteiger partial charge in [-0.1, -0.05) is 41.3 Å². The number of ether oxygens (including phenoxy) is 1. The summed E-state index contributed by atoms with van der Waals surface area (Å²) in [4.78, 5) is 0. The topological polar surface area (TPSA) is 61.0 Å².